The van der Waals surface area contributed by atoms with Gasteiger partial charge in [0.1, 0.15) is 0 Å². The first-order chi connectivity index (χ1) is 10.7. The minimum Gasteiger partial charge on any atom is -0.395 e. The summed E-state index contributed by atoms with van der Waals surface area (Å²) in [4.78, 5) is 4.30. The average Bonchev–Trinajstić information content (AvgIpc) is 2.50. The standard InChI is InChI=1S/C17H30N2O3/c1-2-7-18(8-11-20)14-16-5-3-4-6-17(16)15-19(9-12-21)10-13-22/h3-6,20-22H,2,7-15H2,1H3. The maximum Gasteiger partial charge on any atom is 0.0558 e. The van der Waals surface area contributed by atoms with Gasteiger partial charge in [0.2, 0.25) is 0 Å². The van der Waals surface area contributed by atoms with E-state index >= 15 is 0 Å². The molecule has 0 aromatic heterocycles. The molecule has 0 aliphatic carbocycles. The van der Waals surface area contributed by atoms with Gasteiger partial charge in [-0.2, -0.15) is 0 Å². The highest BCUT2D eigenvalue weighted by molar-refractivity contribution is 5.27. The van der Waals surface area contributed by atoms with Gasteiger partial charge >= 0.3 is 0 Å². The predicted molar refractivity (Wildman–Crippen MR) is 88.5 cm³/mol. The highest BCUT2D eigenvalue weighted by atomic mass is 16.3. The summed E-state index contributed by atoms with van der Waals surface area (Å²) in [5, 5.41) is 27.5. The lowest BCUT2D eigenvalue weighted by atomic mass is 10.1. The number of nitrogens with zero attached hydrogens (tertiary/aromatic N) is 2. The zero-order valence-electron chi connectivity index (χ0n) is 13.6. The summed E-state index contributed by atoms with van der Waals surface area (Å²) in [7, 11) is 0. The Morgan fingerprint density at radius 3 is 1.50 bits per heavy atom. The minimum absolute atomic E-state index is 0.0919. The molecule has 0 aliphatic heterocycles. The fourth-order valence-electron chi connectivity index (χ4n) is 2.63. The zero-order chi connectivity index (χ0) is 16.2. The van der Waals surface area contributed by atoms with Crippen molar-refractivity contribution in [1.82, 2.24) is 9.80 Å². The SMILES string of the molecule is CCCN(CCO)Cc1ccccc1CN(CCO)CCO. The summed E-state index contributed by atoms with van der Waals surface area (Å²) in [6.45, 7) is 6.79. The topological polar surface area (TPSA) is 67.2 Å². The van der Waals surface area contributed by atoms with Crippen molar-refractivity contribution in [2.24, 2.45) is 0 Å². The first-order valence-electron chi connectivity index (χ1n) is 8.09. The van der Waals surface area contributed by atoms with E-state index < -0.39 is 0 Å². The maximum atomic E-state index is 9.19. The van der Waals surface area contributed by atoms with Crippen molar-refractivity contribution in [1.29, 1.82) is 0 Å². The second-order valence-corrected chi connectivity index (χ2v) is 5.49. The van der Waals surface area contributed by atoms with Crippen LogP contribution >= 0.6 is 0 Å². The Labute approximate surface area is 133 Å². The van der Waals surface area contributed by atoms with E-state index in [1.807, 2.05) is 12.1 Å². The van der Waals surface area contributed by atoms with Crippen LogP contribution in [0.3, 0.4) is 0 Å². The molecule has 0 spiro atoms. The van der Waals surface area contributed by atoms with Gasteiger partial charge in [0.05, 0.1) is 19.8 Å². The van der Waals surface area contributed by atoms with Gasteiger partial charge in [-0.1, -0.05) is 31.2 Å². The summed E-state index contributed by atoms with van der Waals surface area (Å²) >= 11 is 0. The lowest BCUT2D eigenvalue weighted by Gasteiger charge is -2.25. The molecule has 0 bridgehead atoms. The van der Waals surface area contributed by atoms with E-state index in [1.54, 1.807) is 0 Å². The van der Waals surface area contributed by atoms with E-state index in [-0.39, 0.29) is 19.8 Å². The summed E-state index contributed by atoms with van der Waals surface area (Å²) in [5.41, 5.74) is 2.45. The first kappa shape index (κ1) is 19.1. The Balaban J connectivity index is 2.78. The van der Waals surface area contributed by atoms with Crippen LogP contribution in [0.4, 0.5) is 0 Å². The normalized spacial score (nSPS) is 11.5. The highest BCUT2D eigenvalue weighted by Crippen LogP contribution is 2.14. The molecule has 1 aromatic carbocycles. The molecule has 0 unspecified atom stereocenters. The molecular weight excluding hydrogens is 280 g/mol. The lowest BCUT2D eigenvalue weighted by Crippen LogP contribution is -2.31. The Morgan fingerprint density at radius 2 is 1.14 bits per heavy atom. The van der Waals surface area contributed by atoms with E-state index in [0.29, 0.717) is 19.6 Å². The number of aliphatic hydroxyl groups excluding tert-OH is 3. The van der Waals surface area contributed by atoms with Gasteiger partial charge in [-0.25, -0.2) is 0 Å². The molecule has 0 aliphatic rings. The third-order valence-electron chi connectivity index (χ3n) is 3.69. The number of aliphatic hydroxyl groups is 3. The molecule has 126 valence electrons. The second-order valence-electron chi connectivity index (χ2n) is 5.49. The van der Waals surface area contributed by atoms with Crippen LogP contribution in [0.25, 0.3) is 0 Å². The number of hydrogen-bond acceptors (Lipinski definition) is 5. The van der Waals surface area contributed by atoms with Crippen LogP contribution < -0.4 is 0 Å². The highest BCUT2D eigenvalue weighted by Gasteiger charge is 2.11. The van der Waals surface area contributed by atoms with Gasteiger partial charge < -0.3 is 15.3 Å². The Kier molecular flexibility index (Phi) is 10.0. The van der Waals surface area contributed by atoms with Crippen molar-refractivity contribution in [3.63, 3.8) is 0 Å². The van der Waals surface area contributed by atoms with Gasteiger partial charge in [0.15, 0.2) is 0 Å². The summed E-state index contributed by atoms with van der Waals surface area (Å²) < 4.78 is 0. The van der Waals surface area contributed by atoms with Gasteiger partial charge in [-0.05, 0) is 24.1 Å². The van der Waals surface area contributed by atoms with Gasteiger partial charge in [0, 0.05) is 32.7 Å². The van der Waals surface area contributed by atoms with Gasteiger partial charge in [-0.3, -0.25) is 9.80 Å². The molecular formula is C17H30N2O3. The van der Waals surface area contributed by atoms with Crippen molar-refractivity contribution in [3.8, 4) is 0 Å². The molecule has 0 heterocycles. The molecule has 0 atom stereocenters. The smallest absolute Gasteiger partial charge is 0.0558 e. The Hall–Kier alpha value is -0.980. The molecule has 0 radical (unpaired) electrons. The van der Waals surface area contributed by atoms with E-state index in [2.05, 4.69) is 28.9 Å². The van der Waals surface area contributed by atoms with Crippen molar-refractivity contribution in [2.45, 2.75) is 26.4 Å². The molecule has 3 N–H and O–H groups in total. The third-order valence-corrected chi connectivity index (χ3v) is 3.69. The second kappa shape index (κ2) is 11.6. The predicted octanol–water partition coefficient (Wildman–Crippen LogP) is 0.677. The van der Waals surface area contributed by atoms with Gasteiger partial charge in [-0.15, -0.1) is 0 Å². The fraction of sp³-hybridized carbons (Fsp3) is 0.647. The summed E-state index contributed by atoms with van der Waals surface area (Å²) in [6, 6.07) is 8.26. The van der Waals surface area contributed by atoms with E-state index in [1.165, 1.54) is 11.1 Å². The zero-order valence-corrected chi connectivity index (χ0v) is 13.6. The van der Waals surface area contributed by atoms with Crippen LogP contribution in [0.5, 0.6) is 0 Å². The van der Waals surface area contributed by atoms with E-state index in [9.17, 15) is 5.11 Å². The van der Waals surface area contributed by atoms with E-state index in [4.69, 9.17) is 10.2 Å². The number of hydrogen-bond donors (Lipinski definition) is 3. The largest absolute Gasteiger partial charge is 0.395 e. The first-order valence-corrected chi connectivity index (χ1v) is 8.09. The van der Waals surface area contributed by atoms with Crippen LogP contribution in [-0.2, 0) is 13.1 Å². The van der Waals surface area contributed by atoms with Crippen molar-refractivity contribution < 1.29 is 15.3 Å². The molecule has 0 saturated heterocycles. The quantitative estimate of drug-likeness (QED) is 0.530. The Bertz CT molecular complexity index is 352. The fourth-order valence-corrected chi connectivity index (χ4v) is 2.63. The van der Waals surface area contributed by atoms with E-state index in [0.717, 1.165) is 26.1 Å². The van der Waals surface area contributed by atoms with Crippen molar-refractivity contribution in [3.05, 3.63) is 35.4 Å². The monoisotopic (exact) mass is 310 g/mol. The van der Waals surface area contributed by atoms with Crippen molar-refractivity contribution >= 4 is 0 Å². The molecule has 5 nitrogen and oxygen atoms in total. The van der Waals surface area contributed by atoms with Gasteiger partial charge in [0.25, 0.3) is 0 Å². The number of rotatable bonds is 12. The molecule has 5 heteroatoms. The minimum atomic E-state index is 0.0919. The molecule has 0 fully saturated rings. The molecule has 0 amide bonds. The Morgan fingerprint density at radius 1 is 0.727 bits per heavy atom. The third kappa shape index (κ3) is 6.85. The maximum absolute atomic E-state index is 9.19. The molecule has 1 aromatic rings. The summed E-state index contributed by atoms with van der Waals surface area (Å²) in [6.07, 6.45) is 1.06. The summed E-state index contributed by atoms with van der Waals surface area (Å²) in [5.74, 6) is 0. The molecule has 0 saturated carbocycles. The molecule has 22 heavy (non-hydrogen) atoms. The van der Waals surface area contributed by atoms with Crippen LogP contribution in [0.15, 0.2) is 24.3 Å². The number of benzene rings is 1. The van der Waals surface area contributed by atoms with Crippen molar-refractivity contribution in [2.75, 3.05) is 46.0 Å². The lowest BCUT2D eigenvalue weighted by molar-refractivity contribution is 0.154. The van der Waals surface area contributed by atoms with Crippen LogP contribution in [0.1, 0.15) is 24.5 Å². The van der Waals surface area contributed by atoms with Crippen LogP contribution in [-0.4, -0.2) is 71.1 Å². The average molecular weight is 310 g/mol. The molecule has 1 rings (SSSR count). The van der Waals surface area contributed by atoms with Crippen LogP contribution in [0.2, 0.25) is 0 Å². The van der Waals surface area contributed by atoms with Crippen LogP contribution in [0, 0.1) is 0 Å².